The molecule has 0 amide bonds. The minimum atomic E-state index is 0.261. The molecule has 17 heavy (non-hydrogen) atoms. The largest absolute Gasteiger partial charge is 0.493 e. The lowest BCUT2D eigenvalue weighted by atomic mass is 9.86. The summed E-state index contributed by atoms with van der Waals surface area (Å²) in [5, 5.41) is 0.998. The lowest BCUT2D eigenvalue weighted by Gasteiger charge is -2.29. The Morgan fingerprint density at radius 2 is 1.82 bits per heavy atom. The molecular weight excluding hydrogens is 276 g/mol. The fourth-order valence-corrected chi connectivity index (χ4v) is 2.83. The molecule has 0 aliphatic carbocycles. The Kier molecular flexibility index (Phi) is 5.51. The molecule has 2 heteroatoms. The second-order valence-electron chi connectivity index (χ2n) is 4.90. The van der Waals surface area contributed by atoms with Crippen LogP contribution in [-0.2, 0) is 0 Å². The first-order valence-corrected chi connectivity index (χ1v) is 7.45. The molecule has 0 unspecified atom stereocenters. The maximum atomic E-state index is 6.00. The molecule has 0 saturated carbocycles. The molecule has 0 N–H and O–H groups in total. The highest BCUT2D eigenvalue weighted by Crippen LogP contribution is 2.30. The smallest absolute Gasteiger partial charge is 0.122 e. The lowest BCUT2D eigenvalue weighted by molar-refractivity contribution is 0.157. The third-order valence-corrected chi connectivity index (χ3v) is 4.84. The molecule has 0 heterocycles. The van der Waals surface area contributed by atoms with Crippen LogP contribution in [0.4, 0.5) is 0 Å². The highest BCUT2D eigenvalue weighted by Gasteiger charge is 2.25. The van der Waals surface area contributed by atoms with E-state index >= 15 is 0 Å². The van der Waals surface area contributed by atoms with Gasteiger partial charge in [0, 0.05) is 10.7 Å². The first kappa shape index (κ1) is 14.6. The Balaban J connectivity index is 2.72. The standard InChI is InChI=1S/C15H23BrO/c1-5-15(6-2,10-16)11-17-14-8-7-12(3)9-13(14)4/h7-9H,5-6,10-11H2,1-4H3. The van der Waals surface area contributed by atoms with Crippen LogP contribution >= 0.6 is 15.9 Å². The topological polar surface area (TPSA) is 9.23 Å². The summed E-state index contributed by atoms with van der Waals surface area (Å²) >= 11 is 3.62. The molecule has 0 aliphatic heterocycles. The molecule has 1 nitrogen and oxygen atoms in total. The number of halogens is 1. The van der Waals surface area contributed by atoms with Crippen LogP contribution in [0, 0.1) is 19.3 Å². The van der Waals surface area contributed by atoms with Crippen molar-refractivity contribution in [3.05, 3.63) is 29.3 Å². The molecule has 1 rings (SSSR count). The molecule has 1 aromatic rings. The van der Waals surface area contributed by atoms with Crippen molar-refractivity contribution in [3.63, 3.8) is 0 Å². The fourth-order valence-electron chi connectivity index (χ4n) is 1.87. The van der Waals surface area contributed by atoms with Gasteiger partial charge in [0.2, 0.25) is 0 Å². The Hall–Kier alpha value is -0.500. The van der Waals surface area contributed by atoms with Crippen molar-refractivity contribution in [2.24, 2.45) is 5.41 Å². The van der Waals surface area contributed by atoms with E-state index in [1.165, 1.54) is 11.1 Å². The minimum Gasteiger partial charge on any atom is -0.493 e. The maximum Gasteiger partial charge on any atom is 0.122 e. The number of rotatable bonds is 6. The van der Waals surface area contributed by atoms with E-state index in [0.717, 1.165) is 30.5 Å². The van der Waals surface area contributed by atoms with Crippen molar-refractivity contribution < 1.29 is 4.74 Å². The van der Waals surface area contributed by atoms with Crippen molar-refractivity contribution >= 4 is 15.9 Å². The van der Waals surface area contributed by atoms with Crippen LogP contribution in [-0.4, -0.2) is 11.9 Å². The van der Waals surface area contributed by atoms with Crippen molar-refractivity contribution in [1.82, 2.24) is 0 Å². The van der Waals surface area contributed by atoms with Gasteiger partial charge in [-0.05, 0) is 38.3 Å². The first-order chi connectivity index (χ1) is 8.06. The number of alkyl halides is 1. The van der Waals surface area contributed by atoms with Crippen LogP contribution in [0.25, 0.3) is 0 Å². The molecule has 0 saturated heterocycles. The van der Waals surface area contributed by atoms with Crippen LogP contribution < -0.4 is 4.74 Å². The van der Waals surface area contributed by atoms with Crippen molar-refractivity contribution in [2.75, 3.05) is 11.9 Å². The van der Waals surface area contributed by atoms with Gasteiger partial charge in [-0.1, -0.05) is 47.5 Å². The molecule has 0 bridgehead atoms. The second-order valence-corrected chi connectivity index (χ2v) is 5.46. The molecule has 0 radical (unpaired) electrons. The van der Waals surface area contributed by atoms with E-state index in [0.29, 0.717) is 0 Å². The predicted molar refractivity (Wildman–Crippen MR) is 78.2 cm³/mol. The third kappa shape index (κ3) is 3.74. The van der Waals surface area contributed by atoms with Gasteiger partial charge in [-0.2, -0.15) is 0 Å². The minimum absolute atomic E-state index is 0.261. The van der Waals surface area contributed by atoms with Gasteiger partial charge in [-0.3, -0.25) is 0 Å². The van der Waals surface area contributed by atoms with Gasteiger partial charge in [0.1, 0.15) is 5.75 Å². The average Bonchev–Trinajstić information content (AvgIpc) is 2.33. The molecule has 0 aromatic heterocycles. The van der Waals surface area contributed by atoms with Gasteiger partial charge in [-0.15, -0.1) is 0 Å². The Bertz CT molecular complexity index is 348. The Morgan fingerprint density at radius 3 is 2.29 bits per heavy atom. The molecule has 0 atom stereocenters. The number of aryl methyl sites for hydroxylation is 2. The highest BCUT2D eigenvalue weighted by atomic mass is 79.9. The highest BCUT2D eigenvalue weighted by molar-refractivity contribution is 9.09. The average molecular weight is 299 g/mol. The SMILES string of the molecule is CCC(CC)(CBr)COc1ccc(C)cc1C. The summed E-state index contributed by atoms with van der Waals surface area (Å²) in [6, 6.07) is 6.36. The Morgan fingerprint density at radius 1 is 1.18 bits per heavy atom. The summed E-state index contributed by atoms with van der Waals surface area (Å²) in [7, 11) is 0. The van der Waals surface area contributed by atoms with E-state index < -0.39 is 0 Å². The van der Waals surface area contributed by atoms with Crippen LogP contribution in [0.2, 0.25) is 0 Å². The number of ether oxygens (including phenoxy) is 1. The Labute approximate surface area is 114 Å². The summed E-state index contributed by atoms with van der Waals surface area (Å²) < 4.78 is 6.00. The van der Waals surface area contributed by atoms with Gasteiger partial charge >= 0.3 is 0 Å². The van der Waals surface area contributed by atoms with Crippen LogP contribution in [0.5, 0.6) is 5.75 Å². The zero-order valence-electron chi connectivity index (χ0n) is 11.3. The van der Waals surface area contributed by atoms with Crippen LogP contribution in [0.3, 0.4) is 0 Å². The molecular formula is C15H23BrO. The predicted octanol–water partition coefficient (Wildman–Crippen LogP) is 4.88. The van der Waals surface area contributed by atoms with E-state index in [2.05, 4.69) is 61.8 Å². The van der Waals surface area contributed by atoms with Crippen molar-refractivity contribution in [2.45, 2.75) is 40.5 Å². The monoisotopic (exact) mass is 298 g/mol. The zero-order chi connectivity index (χ0) is 12.9. The van der Waals surface area contributed by atoms with Gasteiger partial charge in [0.25, 0.3) is 0 Å². The maximum absolute atomic E-state index is 6.00. The summed E-state index contributed by atoms with van der Waals surface area (Å²) in [5.41, 5.74) is 2.77. The zero-order valence-corrected chi connectivity index (χ0v) is 12.9. The summed E-state index contributed by atoms with van der Waals surface area (Å²) in [4.78, 5) is 0. The van der Waals surface area contributed by atoms with E-state index in [1.54, 1.807) is 0 Å². The molecule has 1 aromatic carbocycles. The first-order valence-electron chi connectivity index (χ1n) is 6.33. The molecule has 0 aliphatic rings. The summed E-state index contributed by atoms with van der Waals surface area (Å²) in [6.07, 6.45) is 2.28. The third-order valence-electron chi connectivity index (χ3n) is 3.65. The normalized spacial score (nSPS) is 11.6. The number of hydrogen-bond donors (Lipinski definition) is 0. The van der Waals surface area contributed by atoms with Crippen molar-refractivity contribution in [1.29, 1.82) is 0 Å². The van der Waals surface area contributed by atoms with Gasteiger partial charge in [-0.25, -0.2) is 0 Å². The van der Waals surface area contributed by atoms with E-state index in [9.17, 15) is 0 Å². The quantitative estimate of drug-likeness (QED) is 0.680. The number of hydrogen-bond acceptors (Lipinski definition) is 1. The van der Waals surface area contributed by atoms with Crippen LogP contribution in [0.15, 0.2) is 18.2 Å². The van der Waals surface area contributed by atoms with Gasteiger partial charge < -0.3 is 4.74 Å². The number of benzene rings is 1. The molecule has 0 spiro atoms. The van der Waals surface area contributed by atoms with E-state index in [4.69, 9.17) is 4.74 Å². The van der Waals surface area contributed by atoms with Crippen LogP contribution in [0.1, 0.15) is 37.8 Å². The second kappa shape index (κ2) is 6.44. The lowest BCUT2D eigenvalue weighted by Crippen LogP contribution is -2.29. The fraction of sp³-hybridized carbons (Fsp3) is 0.600. The molecule has 0 fully saturated rings. The van der Waals surface area contributed by atoms with Gasteiger partial charge in [0.15, 0.2) is 0 Å². The molecule has 96 valence electrons. The van der Waals surface area contributed by atoms with E-state index in [-0.39, 0.29) is 5.41 Å². The van der Waals surface area contributed by atoms with Crippen molar-refractivity contribution in [3.8, 4) is 5.75 Å². The summed E-state index contributed by atoms with van der Waals surface area (Å²) in [6.45, 7) is 9.47. The van der Waals surface area contributed by atoms with E-state index in [1.807, 2.05) is 0 Å². The van der Waals surface area contributed by atoms with Gasteiger partial charge in [0.05, 0.1) is 6.61 Å². The summed E-state index contributed by atoms with van der Waals surface area (Å²) in [5.74, 6) is 1.02.